The van der Waals surface area contributed by atoms with Crippen LogP contribution in [0.5, 0.6) is 5.75 Å². The predicted molar refractivity (Wildman–Crippen MR) is 82.3 cm³/mol. The van der Waals surface area contributed by atoms with Crippen LogP contribution in [0.1, 0.15) is 18.1 Å². The summed E-state index contributed by atoms with van der Waals surface area (Å²) in [6.07, 6.45) is 0.828. The van der Waals surface area contributed by atoms with E-state index in [0.29, 0.717) is 6.61 Å². The van der Waals surface area contributed by atoms with Gasteiger partial charge in [-0.05, 0) is 42.7 Å². The van der Waals surface area contributed by atoms with Gasteiger partial charge in [0.05, 0.1) is 0 Å². The molecule has 0 spiro atoms. The molecule has 2 nitrogen and oxygen atoms in total. The molecule has 0 aliphatic carbocycles. The highest BCUT2D eigenvalue weighted by molar-refractivity contribution is 9.10. The van der Waals surface area contributed by atoms with Gasteiger partial charge in [0.2, 0.25) is 0 Å². The zero-order valence-corrected chi connectivity index (χ0v) is 12.6. The summed E-state index contributed by atoms with van der Waals surface area (Å²) in [5.41, 5.74) is 8.16. The van der Waals surface area contributed by atoms with Crippen molar-refractivity contribution in [2.75, 3.05) is 0 Å². The molecule has 2 aromatic carbocycles. The molecule has 2 N–H and O–H groups in total. The minimum atomic E-state index is 0.135. The Kier molecular flexibility index (Phi) is 5.00. The first-order valence-corrected chi connectivity index (χ1v) is 7.15. The SMILES string of the molecule is CC(N)Cc1ccccc1OCc1cccc(Br)c1. The maximum atomic E-state index is 5.90. The van der Waals surface area contributed by atoms with Crippen molar-refractivity contribution in [2.45, 2.75) is 26.0 Å². The monoisotopic (exact) mass is 319 g/mol. The maximum absolute atomic E-state index is 5.90. The first-order valence-electron chi connectivity index (χ1n) is 6.36. The summed E-state index contributed by atoms with van der Waals surface area (Å²) in [5.74, 6) is 0.916. The lowest BCUT2D eigenvalue weighted by atomic mass is 10.1. The normalized spacial score (nSPS) is 12.2. The van der Waals surface area contributed by atoms with E-state index in [-0.39, 0.29) is 6.04 Å². The van der Waals surface area contributed by atoms with Crippen LogP contribution in [-0.4, -0.2) is 6.04 Å². The summed E-state index contributed by atoms with van der Waals surface area (Å²) < 4.78 is 6.97. The van der Waals surface area contributed by atoms with E-state index in [1.54, 1.807) is 0 Å². The summed E-state index contributed by atoms with van der Waals surface area (Å²) in [5, 5.41) is 0. The first kappa shape index (κ1) is 14.1. The van der Waals surface area contributed by atoms with Crippen LogP contribution in [0.3, 0.4) is 0 Å². The van der Waals surface area contributed by atoms with E-state index in [1.165, 1.54) is 0 Å². The van der Waals surface area contributed by atoms with Crippen LogP contribution in [0.2, 0.25) is 0 Å². The molecule has 0 aromatic heterocycles. The molecule has 0 radical (unpaired) electrons. The molecule has 0 heterocycles. The van der Waals surface area contributed by atoms with Gasteiger partial charge in [-0.15, -0.1) is 0 Å². The van der Waals surface area contributed by atoms with Crippen molar-refractivity contribution >= 4 is 15.9 Å². The van der Waals surface area contributed by atoms with Crippen LogP contribution in [-0.2, 0) is 13.0 Å². The smallest absolute Gasteiger partial charge is 0.123 e. The Morgan fingerprint density at radius 3 is 2.68 bits per heavy atom. The van der Waals surface area contributed by atoms with Gasteiger partial charge >= 0.3 is 0 Å². The molecule has 3 heteroatoms. The quantitative estimate of drug-likeness (QED) is 0.906. The second kappa shape index (κ2) is 6.73. The molecule has 0 aliphatic heterocycles. The third-order valence-corrected chi connectivity index (χ3v) is 3.29. The summed E-state index contributed by atoms with van der Waals surface area (Å²) in [7, 11) is 0. The molecular formula is C16H18BrNO. The van der Waals surface area contributed by atoms with Crippen molar-refractivity contribution in [3.8, 4) is 5.75 Å². The molecule has 1 atom stereocenters. The predicted octanol–water partition coefficient (Wildman–Crippen LogP) is 3.92. The van der Waals surface area contributed by atoms with Crippen molar-refractivity contribution in [3.05, 3.63) is 64.1 Å². The van der Waals surface area contributed by atoms with Gasteiger partial charge in [0.25, 0.3) is 0 Å². The summed E-state index contributed by atoms with van der Waals surface area (Å²) >= 11 is 3.46. The minimum absolute atomic E-state index is 0.135. The molecule has 0 bridgehead atoms. The second-order valence-electron chi connectivity index (χ2n) is 4.71. The zero-order valence-electron chi connectivity index (χ0n) is 11.0. The van der Waals surface area contributed by atoms with Crippen LogP contribution in [0, 0.1) is 0 Å². The van der Waals surface area contributed by atoms with Crippen LogP contribution in [0.4, 0.5) is 0 Å². The Hall–Kier alpha value is -1.32. The average molecular weight is 320 g/mol. The number of halogens is 1. The van der Waals surface area contributed by atoms with Crippen molar-refractivity contribution in [1.82, 2.24) is 0 Å². The van der Waals surface area contributed by atoms with Gasteiger partial charge in [-0.3, -0.25) is 0 Å². The van der Waals surface area contributed by atoms with Crippen LogP contribution < -0.4 is 10.5 Å². The third kappa shape index (κ3) is 4.37. The Morgan fingerprint density at radius 1 is 1.16 bits per heavy atom. The molecule has 2 rings (SSSR count). The molecule has 2 aromatic rings. The number of para-hydroxylation sites is 1. The fraction of sp³-hybridized carbons (Fsp3) is 0.250. The van der Waals surface area contributed by atoms with Crippen LogP contribution in [0.15, 0.2) is 53.0 Å². The van der Waals surface area contributed by atoms with Crippen LogP contribution >= 0.6 is 15.9 Å². The number of nitrogens with two attached hydrogens (primary N) is 1. The van der Waals surface area contributed by atoms with E-state index in [4.69, 9.17) is 10.5 Å². The van der Waals surface area contributed by atoms with Crippen LogP contribution in [0.25, 0.3) is 0 Å². The molecular weight excluding hydrogens is 302 g/mol. The summed E-state index contributed by atoms with van der Waals surface area (Å²) in [4.78, 5) is 0. The second-order valence-corrected chi connectivity index (χ2v) is 5.62. The largest absolute Gasteiger partial charge is 0.489 e. The van der Waals surface area contributed by atoms with E-state index in [1.807, 2.05) is 37.3 Å². The number of hydrogen-bond acceptors (Lipinski definition) is 2. The molecule has 0 aliphatic rings. The number of rotatable bonds is 5. The fourth-order valence-electron chi connectivity index (χ4n) is 1.95. The van der Waals surface area contributed by atoms with Gasteiger partial charge in [0, 0.05) is 10.5 Å². The summed E-state index contributed by atoms with van der Waals surface area (Å²) in [6, 6.07) is 16.3. The fourth-order valence-corrected chi connectivity index (χ4v) is 2.39. The lowest BCUT2D eigenvalue weighted by molar-refractivity contribution is 0.302. The average Bonchev–Trinajstić information content (AvgIpc) is 2.37. The molecule has 1 unspecified atom stereocenters. The van der Waals surface area contributed by atoms with Gasteiger partial charge in [0.1, 0.15) is 12.4 Å². The lowest BCUT2D eigenvalue weighted by Gasteiger charge is -2.13. The summed E-state index contributed by atoms with van der Waals surface area (Å²) in [6.45, 7) is 2.57. The van der Waals surface area contributed by atoms with E-state index >= 15 is 0 Å². The highest BCUT2D eigenvalue weighted by Crippen LogP contribution is 2.21. The van der Waals surface area contributed by atoms with Gasteiger partial charge in [-0.1, -0.05) is 46.3 Å². The van der Waals surface area contributed by atoms with E-state index < -0.39 is 0 Å². The van der Waals surface area contributed by atoms with Gasteiger partial charge in [-0.25, -0.2) is 0 Å². The number of hydrogen-bond donors (Lipinski definition) is 1. The molecule has 0 fully saturated rings. The van der Waals surface area contributed by atoms with Gasteiger partial charge < -0.3 is 10.5 Å². The minimum Gasteiger partial charge on any atom is -0.489 e. The highest BCUT2D eigenvalue weighted by atomic mass is 79.9. The van der Waals surface area contributed by atoms with Crippen molar-refractivity contribution in [2.24, 2.45) is 5.73 Å². The third-order valence-electron chi connectivity index (χ3n) is 2.80. The Morgan fingerprint density at radius 2 is 1.95 bits per heavy atom. The van der Waals surface area contributed by atoms with E-state index in [9.17, 15) is 0 Å². The lowest BCUT2D eigenvalue weighted by Crippen LogP contribution is -2.18. The molecule has 100 valence electrons. The van der Waals surface area contributed by atoms with Crippen molar-refractivity contribution < 1.29 is 4.74 Å². The number of benzene rings is 2. The Bertz CT molecular complexity index is 540. The Balaban J connectivity index is 2.07. The first-order chi connectivity index (χ1) is 9.15. The molecule has 0 amide bonds. The van der Waals surface area contributed by atoms with Crippen molar-refractivity contribution in [3.63, 3.8) is 0 Å². The molecule has 0 saturated heterocycles. The highest BCUT2D eigenvalue weighted by Gasteiger charge is 2.05. The number of ether oxygens (including phenoxy) is 1. The standard InChI is InChI=1S/C16H18BrNO/c1-12(18)9-14-6-2-3-8-16(14)19-11-13-5-4-7-15(17)10-13/h2-8,10,12H,9,11,18H2,1H3. The zero-order chi connectivity index (χ0) is 13.7. The molecule has 19 heavy (non-hydrogen) atoms. The van der Waals surface area contributed by atoms with Gasteiger partial charge in [0.15, 0.2) is 0 Å². The van der Waals surface area contributed by atoms with Gasteiger partial charge in [-0.2, -0.15) is 0 Å². The Labute approximate surface area is 122 Å². The van der Waals surface area contributed by atoms with Crippen molar-refractivity contribution in [1.29, 1.82) is 0 Å². The van der Waals surface area contributed by atoms with E-state index in [0.717, 1.165) is 27.8 Å². The van der Waals surface area contributed by atoms with E-state index in [2.05, 4.69) is 34.1 Å². The molecule has 0 saturated carbocycles. The topological polar surface area (TPSA) is 35.2 Å². The maximum Gasteiger partial charge on any atom is 0.123 e.